The van der Waals surface area contributed by atoms with Gasteiger partial charge in [0.25, 0.3) is 5.56 Å². The van der Waals surface area contributed by atoms with Gasteiger partial charge in [0.2, 0.25) is 0 Å². The van der Waals surface area contributed by atoms with Crippen LogP contribution >= 0.6 is 0 Å². The van der Waals surface area contributed by atoms with Crippen LogP contribution in [0, 0.1) is 0 Å². The summed E-state index contributed by atoms with van der Waals surface area (Å²) in [7, 11) is 3.39. The Morgan fingerprint density at radius 3 is 2.68 bits per heavy atom. The number of anilines is 1. The van der Waals surface area contributed by atoms with Gasteiger partial charge in [-0.25, -0.2) is 14.2 Å². The summed E-state index contributed by atoms with van der Waals surface area (Å²) in [6.45, 7) is 5.40. The van der Waals surface area contributed by atoms with Crippen molar-refractivity contribution < 1.29 is 19.0 Å². The maximum atomic E-state index is 15.7. The van der Waals surface area contributed by atoms with Crippen molar-refractivity contribution in [1.29, 1.82) is 0 Å². The van der Waals surface area contributed by atoms with Crippen molar-refractivity contribution in [3.8, 4) is 17.1 Å². The number of halogens is 1. The number of carbonyl (C=O) groups excluding carboxylic acids is 1. The van der Waals surface area contributed by atoms with Gasteiger partial charge in [-0.1, -0.05) is 0 Å². The lowest BCUT2D eigenvalue weighted by Crippen LogP contribution is -2.59. The lowest BCUT2D eigenvalue weighted by Gasteiger charge is -2.44. The first-order chi connectivity index (χ1) is 17.4. The number of nitrogens with zero attached hydrogens (tertiary/aromatic N) is 6. The van der Waals surface area contributed by atoms with E-state index in [4.69, 9.17) is 4.74 Å². The van der Waals surface area contributed by atoms with Gasteiger partial charge in [0, 0.05) is 26.3 Å². The number of amides is 1. The fourth-order valence-electron chi connectivity index (χ4n) is 5.37. The number of hydrogen-bond acceptors (Lipinski definition) is 8. The smallest absolute Gasteiger partial charge is 0.410 e. The van der Waals surface area contributed by atoms with Crippen LogP contribution in [0.5, 0.6) is 5.75 Å². The van der Waals surface area contributed by atoms with Crippen LogP contribution in [0.15, 0.2) is 35.4 Å². The van der Waals surface area contributed by atoms with Crippen LogP contribution in [-0.2, 0) is 11.8 Å². The van der Waals surface area contributed by atoms with E-state index in [1.54, 1.807) is 63.0 Å². The molecule has 1 aromatic carbocycles. The number of benzene rings is 1. The molecule has 0 radical (unpaired) electrons. The topological polar surface area (TPSA) is 114 Å². The van der Waals surface area contributed by atoms with E-state index in [1.807, 2.05) is 0 Å². The summed E-state index contributed by atoms with van der Waals surface area (Å²) in [6.07, 6.45) is 3.14. The second-order valence-electron chi connectivity index (χ2n) is 10.9. The number of phenols is 1. The van der Waals surface area contributed by atoms with Crippen LogP contribution in [0.4, 0.5) is 15.0 Å². The van der Waals surface area contributed by atoms with Gasteiger partial charge in [-0.05, 0) is 63.6 Å². The monoisotopic (exact) mass is 510 g/mol. The fourth-order valence-corrected chi connectivity index (χ4v) is 5.37. The first-order valence-corrected chi connectivity index (χ1v) is 12.4. The molecule has 0 aliphatic carbocycles. The number of fused-ring (bicyclic) bond motifs is 3. The van der Waals surface area contributed by atoms with Crippen molar-refractivity contribution in [2.24, 2.45) is 7.05 Å². The second kappa shape index (κ2) is 8.97. The van der Waals surface area contributed by atoms with Crippen molar-refractivity contribution in [2.45, 2.75) is 69.9 Å². The molecule has 2 aromatic heterocycles. The predicted octanol–water partition coefficient (Wildman–Crippen LogP) is 3.41. The zero-order valence-electron chi connectivity index (χ0n) is 21.6. The van der Waals surface area contributed by atoms with E-state index < -0.39 is 29.9 Å². The van der Waals surface area contributed by atoms with E-state index in [1.165, 1.54) is 16.8 Å². The molecule has 0 spiro atoms. The summed E-state index contributed by atoms with van der Waals surface area (Å²) in [6, 6.07) is 3.66. The number of aryl methyl sites for hydroxylation is 1. The normalized spacial score (nSPS) is 23.4. The molecule has 0 saturated carbocycles. The summed E-state index contributed by atoms with van der Waals surface area (Å²) >= 11 is 0. The zero-order valence-corrected chi connectivity index (χ0v) is 21.6. The molecule has 2 saturated heterocycles. The first-order valence-electron chi connectivity index (χ1n) is 12.4. The zero-order chi connectivity index (χ0) is 26.6. The molecule has 4 heterocycles. The Kier molecular flexibility index (Phi) is 6.04. The van der Waals surface area contributed by atoms with E-state index >= 15 is 4.39 Å². The number of ether oxygens (including phenoxy) is 1. The predicted molar refractivity (Wildman–Crippen MR) is 136 cm³/mol. The maximum absolute atomic E-state index is 15.7. The molecule has 2 aliphatic rings. The van der Waals surface area contributed by atoms with Crippen molar-refractivity contribution >= 4 is 22.7 Å². The standard InChI is InChI=1S/C26H31FN6O4/c1-26(2,3)37-25(36)33-15-6-7-18(33)22(27)19(11-15)32(5)21-13-28-23(30-29-21)17-10-14-8-9-31(4)24(35)16(14)12-20(17)34/h8-10,12-13,15,18-19,22,34H,6-7,11H2,1-5H3/t15-,18?,19-,22+/m0/s1. The Hall–Kier alpha value is -3.76. The molecule has 1 unspecified atom stereocenters. The highest BCUT2D eigenvalue weighted by Crippen LogP contribution is 2.40. The van der Waals surface area contributed by atoms with E-state index in [0.717, 1.165) is 6.42 Å². The third kappa shape index (κ3) is 4.47. The van der Waals surface area contributed by atoms with Crippen LogP contribution in [0.1, 0.15) is 40.0 Å². The molecule has 37 heavy (non-hydrogen) atoms. The van der Waals surface area contributed by atoms with E-state index in [2.05, 4.69) is 15.2 Å². The number of carbonyl (C=O) groups is 1. The molecule has 10 nitrogen and oxygen atoms in total. The highest BCUT2D eigenvalue weighted by molar-refractivity contribution is 5.88. The summed E-state index contributed by atoms with van der Waals surface area (Å²) in [5.74, 6) is 0.443. The summed E-state index contributed by atoms with van der Waals surface area (Å²) in [5.41, 5.74) is -0.523. The summed E-state index contributed by atoms with van der Waals surface area (Å²) in [5, 5.41) is 20.0. The Balaban J connectivity index is 1.36. The van der Waals surface area contributed by atoms with Crippen molar-refractivity contribution in [1.82, 2.24) is 24.6 Å². The molecule has 11 heteroatoms. The van der Waals surface area contributed by atoms with Crippen LogP contribution in [-0.4, -0.2) is 72.8 Å². The number of hydrogen-bond donors (Lipinski definition) is 1. The molecule has 2 aliphatic heterocycles. The molecule has 1 amide bonds. The van der Waals surface area contributed by atoms with Gasteiger partial charge in [-0.2, -0.15) is 0 Å². The molecule has 2 fully saturated rings. The molecule has 3 aromatic rings. The third-order valence-corrected chi connectivity index (χ3v) is 7.24. The Morgan fingerprint density at radius 2 is 2.00 bits per heavy atom. The van der Waals surface area contributed by atoms with Crippen LogP contribution < -0.4 is 10.5 Å². The van der Waals surface area contributed by atoms with Crippen LogP contribution in [0.3, 0.4) is 0 Å². The largest absolute Gasteiger partial charge is 0.507 e. The van der Waals surface area contributed by atoms with Gasteiger partial charge in [0.15, 0.2) is 11.6 Å². The lowest BCUT2D eigenvalue weighted by atomic mass is 9.94. The lowest BCUT2D eigenvalue weighted by molar-refractivity contribution is -0.0104. The third-order valence-electron chi connectivity index (χ3n) is 7.24. The average Bonchev–Trinajstić information content (AvgIpc) is 3.19. The summed E-state index contributed by atoms with van der Waals surface area (Å²) < 4.78 is 22.7. The number of alkyl halides is 1. The van der Waals surface area contributed by atoms with Gasteiger partial charge in [-0.15, -0.1) is 10.2 Å². The average molecular weight is 511 g/mol. The van der Waals surface area contributed by atoms with Gasteiger partial charge >= 0.3 is 6.09 Å². The Labute approximate surface area is 213 Å². The number of aromatic nitrogens is 4. The molecule has 4 atom stereocenters. The van der Waals surface area contributed by atoms with E-state index in [9.17, 15) is 14.7 Å². The SMILES string of the molecule is CN(c1cnc(-c2cc3ccn(C)c(=O)c3cc2O)nn1)[C@H]1C[C@@H]2CCC([C@H]1F)N2C(=O)OC(C)(C)C. The number of piperidine rings is 1. The maximum Gasteiger partial charge on any atom is 0.410 e. The quantitative estimate of drug-likeness (QED) is 0.570. The minimum Gasteiger partial charge on any atom is -0.507 e. The number of phenolic OH excluding ortho intramolecular Hbond substituents is 1. The minimum absolute atomic E-state index is 0.109. The highest BCUT2D eigenvalue weighted by atomic mass is 19.1. The number of pyridine rings is 1. The molecular formula is C26H31FN6O4. The molecular weight excluding hydrogens is 479 g/mol. The molecule has 196 valence electrons. The minimum atomic E-state index is -1.29. The van der Waals surface area contributed by atoms with Gasteiger partial charge in [0.05, 0.1) is 29.2 Å². The fraction of sp³-hybridized carbons (Fsp3) is 0.500. The van der Waals surface area contributed by atoms with Crippen LogP contribution in [0.25, 0.3) is 22.2 Å². The van der Waals surface area contributed by atoms with E-state index in [-0.39, 0.29) is 23.2 Å². The summed E-state index contributed by atoms with van der Waals surface area (Å²) in [4.78, 5) is 32.7. The molecule has 5 rings (SSSR count). The number of rotatable bonds is 3. The Morgan fingerprint density at radius 1 is 1.24 bits per heavy atom. The van der Waals surface area contributed by atoms with Crippen LogP contribution in [0.2, 0.25) is 0 Å². The second-order valence-corrected chi connectivity index (χ2v) is 10.9. The van der Waals surface area contributed by atoms with Gasteiger partial charge < -0.3 is 19.3 Å². The molecule has 2 bridgehead atoms. The highest BCUT2D eigenvalue weighted by Gasteiger charge is 2.52. The van der Waals surface area contributed by atoms with Crippen molar-refractivity contribution in [3.63, 3.8) is 0 Å². The Bertz CT molecular complexity index is 1400. The van der Waals surface area contributed by atoms with Gasteiger partial charge in [-0.3, -0.25) is 9.69 Å². The van der Waals surface area contributed by atoms with Gasteiger partial charge in [0.1, 0.15) is 17.5 Å². The first kappa shape index (κ1) is 24.9. The van der Waals surface area contributed by atoms with E-state index in [0.29, 0.717) is 35.0 Å². The molecule has 1 N–H and O–H groups in total. The van der Waals surface area contributed by atoms with Crippen molar-refractivity contribution in [2.75, 3.05) is 11.9 Å². The van der Waals surface area contributed by atoms with Crippen molar-refractivity contribution in [3.05, 3.63) is 40.9 Å². The number of aromatic hydroxyl groups is 1.